The summed E-state index contributed by atoms with van der Waals surface area (Å²) in [5.74, 6) is 0. The van der Waals surface area contributed by atoms with Crippen LogP contribution < -0.4 is 0 Å². The molecule has 0 radical (unpaired) electrons. The van der Waals surface area contributed by atoms with Gasteiger partial charge >= 0.3 is 0 Å². The van der Waals surface area contributed by atoms with Crippen molar-refractivity contribution in [2.75, 3.05) is 26.2 Å². The van der Waals surface area contributed by atoms with Gasteiger partial charge in [0.15, 0.2) is 0 Å². The number of likely N-dealkylation sites (tertiary alicyclic amines) is 1. The molecule has 0 amide bonds. The molecular formula is C12H27NO. The molecule has 0 bridgehead atoms. The van der Waals surface area contributed by atoms with Gasteiger partial charge in [-0.25, -0.2) is 0 Å². The summed E-state index contributed by atoms with van der Waals surface area (Å²) in [5.41, 5.74) is 0.172. The van der Waals surface area contributed by atoms with Gasteiger partial charge in [0.2, 0.25) is 0 Å². The summed E-state index contributed by atoms with van der Waals surface area (Å²) in [7, 11) is 0. The zero-order chi connectivity index (χ0) is 11.0. The van der Waals surface area contributed by atoms with Crippen LogP contribution in [-0.4, -0.2) is 36.7 Å². The van der Waals surface area contributed by atoms with E-state index in [2.05, 4.69) is 25.7 Å². The van der Waals surface area contributed by atoms with E-state index in [1.54, 1.807) is 0 Å². The molecule has 0 spiro atoms. The van der Waals surface area contributed by atoms with Gasteiger partial charge in [0.25, 0.3) is 0 Å². The fraction of sp³-hybridized carbons (Fsp3) is 1.00. The number of ether oxygens (including phenoxy) is 1. The Morgan fingerprint density at radius 1 is 1.21 bits per heavy atom. The molecule has 0 aromatic heterocycles. The molecule has 0 atom stereocenters. The number of unbranched alkanes of at least 4 members (excludes halogenated alkanes) is 1. The molecule has 2 heteroatoms. The molecule has 1 heterocycles. The van der Waals surface area contributed by atoms with Crippen molar-refractivity contribution in [1.82, 2.24) is 4.90 Å². The van der Waals surface area contributed by atoms with E-state index < -0.39 is 0 Å². The van der Waals surface area contributed by atoms with E-state index in [4.69, 9.17) is 4.74 Å². The molecule has 1 aliphatic rings. The fourth-order valence-corrected chi connectivity index (χ4v) is 1.68. The van der Waals surface area contributed by atoms with E-state index >= 15 is 0 Å². The lowest BCUT2D eigenvalue weighted by Crippen LogP contribution is -2.61. The van der Waals surface area contributed by atoms with E-state index in [1.807, 2.05) is 13.8 Å². The highest BCUT2D eigenvalue weighted by Gasteiger charge is 2.38. The minimum absolute atomic E-state index is 0.172. The first-order valence-electron chi connectivity index (χ1n) is 6.06. The third-order valence-corrected chi connectivity index (χ3v) is 2.51. The topological polar surface area (TPSA) is 12.5 Å². The lowest BCUT2D eigenvalue weighted by molar-refractivity contribution is -0.130. The average Bonchev–Trinajstić information content (AvgIpc) is 2.17. The molecule has 0 aromatic rings. The number of hydrogen-bond donors (Lipinski definition) is 0. The second-order valence-electron chi connectivity index (χ2n) is 3.96. The summed E-state index contributed by atoms with van der Waals surface area (Å²) in [4.78, 5) is 2.41. The van der Waals surface area contributed by atoms with Crippen molar-refractivity contribution in [1.29, 1.82) is 0 Å². The summed E-state index contributed by atoms with van der Waals surface area (Å²) in [6.07, 6.45) is 2.43. The van der Waals surface area contributed by atoms with E-state index in [9.17, 15) is 0 Å². The Balaban J connectivity index is 0.000000791. The molecule has 0 unspecified atom stereocenters. The number of hydrogen-bond acceptors (Lipinski definition) is 2. The van der Waals surface area contributed by atoms with Crippen molar-refractivity contribution < 1.29 is 4.74 Å². The standard InChI is InChI=1S/C10H21NO.C2H6/c1-4-6-7-12-10(3)8-11(5-2)9-10;1-2/h4-9H2,1-3H3;1-2H3. The molecule has 0 N–H and O–H groups in total. The first kappa shape index (κ1) is 13.9. The lowest BCUT2D eigenvalue weighted by Gasteiger charge is -2.47. The highest BCUT2D eigenvalue weighted by atomic mass is 16.5. The zero-order valence-corrected chi connectivity index (χ0v) is 10.6. The van der Waals surface area contributed by atoms with Gasteiger partial charge in [0.1, 0.15) is 0 Å². The van der Waals surface area contributed by atoms with Gasteiger partial charge in [-0.3, -0.25) is 4.90 Å². The van der Waals surface area contributed by atoms with Crippen LogP contribution in [0.2, 0.25) is 0 Å². The van der Waals surface area contributed by atoms with Crippen LogP contribution in [0.5, 0.6) is 0 Å². The van der Waals surface area contributed by atoms with Crippen LogP contribution in [0.25, 0.3) is 0 Å². The van der Waals surface area contributed by atoms with Gasteiger partial charge in [-0.1, -0.05) is 34.1 Å². The zero-order valence-electron chi connectivity index (χ0n) is 10.6. The molecule has 1 saturated heterocycles. The summed E-state index contributed by atoms with van der Waals surface area (Å²) >= 11 is 0. The Kier molecular flexibility index (Phi) is 7.20. The number of rotatable bonds is 5. The van der Waals surface area contributed by atoms with E-state index in [0.717, 1.165) is 26.2 Å². The van der Waals surface area contributed by atoms with E-state index in [1.165, 1.54) is 12.8 Å². The van der Waals surface area contributed by atoms with Crippen LogP contribution in [0.3, 0.4) is 0 Å². The number of likely N-dealkylation sites (N-methyl/N-ethyl adjacent to an activating group) is 1. The molecule has 1 fully saturated rings. The molecule has 86 valence electrons. The predicted octanol–water partition coefficient (Wildman–Crippen LogP) is 2.92. The molecular weight excluding hydrogens is 174 g/mol. The summed E-state index contributed by atoms with van der Waals surface area (Å²) < 4.78 is 5.80. The maximum atomic E-state index is 5.80. The highest BCUT2D eigenvalue weighted by molar-refractivity contribution is 4.92. The van der Waals surface area contributed by atoms with Gasteiger partial charge in [0, 0.05) is 19.7 Å². The fourth-order valence-electron chi connectivity index (χ4n) is 1.68. The molecule has 2 nitrogen and oxygen atoms in total. The molecule has 0 aliphatic carbocycles. The Bertz CT molecular complexity index is 130. The second-order valence-corrected chi connectivity index (χ2v) is 3.96. The Morgan fingerprint density at radius 3 is 2.21 bits per heavy atom. The van der Waals surface area contributed by atoms with Crippen molar-refractivity contribution in [3.63, 3.8) is 0 Å². The van der Waals surface area contributed by atoms with Gasteiger partial charge in [-0.15, -0.1) is 0 Å². The minimum atomic E-state index is 0.172. The normalized spacial score (nSPS) is 19.5. The Hall–Kier alpha value is -0.0800. The van der Waals surface area contributed by atoms with Gasteiger partial charge < -0.3 is 4.74 Å². The predicted molar refractivity (Wildman–Crippen MR) is 62.7 cm³/mol. The Labute approximate surface area is 89.6 Å². The third kappa shape index (κ3) is 4.43. The minimum Gasteiger partial charge on any atom is -0.373 e. The maximum Gasteiger partial charge on any atom is 0.0906 e. The van der Waals surface area contributed by atoms with Crippen LogP contribution in [-0.2, 0) is 4.74 Å². The van der Waals surface area contributed by atoms with Crippen molar-refractivity contribution >= 4 is 0 Å². The molecule has 1 aliphatic heterocycles. The van der Waals surface area contributed by atoms with Crippen molar-refractivity contribution in [2.24, 2.45) is 0 Å². The molecule has 14 heavy (non-hydrogen) atoms. The van der Waals surface area contributed by atoms with Crippen LogP contribution in [0.4, 0.5) is 0 Å². The molecule has 1 rings (SSSR count). The first-order valence-corrected chi connectivity index (χ1v) is 6.06. The van der Waals surface area contributed by atoms with Crippen LogP contribution >= 0.6 is 0 Å². The van der Waals surface area contributed by atoms with Gasteiger partial charge in [0.05, 0.1) is 5.60 Å². The number of nitrogens with zero attached hydrogens (tertiary/aromatic N) is 1. The molecule has 0 aromatic carbocycles. The summed E-state index contributed by atoms with van der Waals surface area (Å²) in [5, 5.41) is 0. The van der Waals surface area contributed by atoms with E-state index in [0.29, 0.717) is 0 Å². The SMILES string of the molecule is CC.CCCCOC1(C)CN(CC)C1. The Morgan fingerprint density at radius 2 is 1.79 bits per heavy atom. The van der Waals surface area contributed by atoms with Crippen molar-refractivity contribution in [3.8, 4) is 0 Å². The van der Waals surface area contributed by atoms with Gasteiger partial charge in [-0.05, 0) is 19.9 Å². The largest absolute Gasteiger partial charge is 0.373 e. The van der Waals surface area contributed by atoms with Crippen LogP contribution in [0.1, 0.15) is 47.5 Å². The monoisotopic (exact) mass is 201 g/mol. The van der Waals surface area contributed by atoms with E-state index in [-0.39, 0.29) is 5.60 Å². The molecule has 0 saturated carbocycles. The van der Waals surface area contributed by atoms with Crippen LogP contribution in [0, 0.1) is 0 Å². The van der Waals surface area contributed by atoms with Crippen molar-refractivity contribution in [3.05, 3.63) is 0 Å². The van der Waals surface area contributed by atoms with Crippen molar-refractivity contribution in [2.45, 2.75) is 53.1 Å². The quantitative estimate of drug-likeness (QED) is 0.634. The smallest absolute Gasteiger partial charge is 0.0906 e. The first-order chi connectivity index (χ1) is 6.70. The summed E-state index contributed by atoms with van der Waals surface area (Å²) in [6.45, 7) is 14.9. The average molecular weight is 201 g/mol. The highest BCUT2D eigenvalue weighted by Crippen LogP contribution is 2.24. The lowest BCUT2D eigenvalue weighted by atomic mass is 9.96. The third-order valence-electron chi connectivity index (χ3n) is 2.51. The second kappa shape index (κ2) is 7.24. The van der Waals surface area contributed by atoms with Gasteiger partial charge in [-0.2, -0.15) is 0 Å². The maximum absolute atomic E-state index is 5.80. The van der Waals surface area contributed by atoms with Crippen LogP contribution in [0.15, 0.2) is 0 Å². The summed E-state index contributed by atoms with van der Waals surface area (Å²) in [6, 6.07) is 0.